The number of allylic oxidation sites excluding steroid dienone is 1. The molecule has 7 unspecified atom stereocenters. The van der Waals surface area contributed by atoms with E-state index in [1.165, 1.54) is 82.6 Å². The van der Waals surface area contributed by atoms with E-state index < -0.39 is 5.97 Å². The molecule has 5 aliphatic carbocycles. The van der Waals surface area contributed by atoms with Crippen molar-refractivity contribution in [2.45, 2.75) is 83.5 Å². The Hall–Kier alpha value is -0.790. The van der Waals surface area contributed by atoms with Gasteiger partial charge in [-0.15, -0.1) is 0 Å². The molecule has 2 nitrogen and oxygen atoms in total. The van der Waals surface area contributed by atoms with Gasteiger partial charge in [-0.25, -0.2) is 0 Å². The van der Waals surface area contributed by atoms with Crippen LogP contribution in [-0.4, -0.2) is 11.1 Å². The maximum Gasteiger partial charge on any atom is 0.310 e. The molecule has 5 aliphatic rings. The Balaban J connectivity index is 1.53. The van der Waals surface area contributed by atoms with Crippen molar-refractivity contribution < 1.29 is 9.90 Å². The van der Waals surface area contributed by atoms with E-state index >= 15 is 0 Å². The van der Waals surface area contributed by atoms with Crippen molar-refractivity contribution in [3.63, 3.8) is 0 Å². The zero-order valence-electron chi connectivity index (χ0n) is 15.6. The van der Waals surface area contributed by atoms with E-state index in [4.69, 9.17) is 0 Å². The molecule has 1 N–H and O–H groups in total. The van der Waals surface area contributed by atoms with Gasteiger partial charge in [0, 0.05) is 0 Å². The number of hydrogen-bond donors (Lipinski definition) is 1. The number of carboxylic acid groups (broad SMARTS) is 1. The maximum absolute atomic E-state index is 12.3. The highest BCUT2D eigenvalue weighted by Gasteiger charge is 2.50. The standard InChI is InChI=1S/C23H34O2/c24-23(25)21-13-20-16-7-3-1-5-14(16)9-11-18(20)19-12-10-15-6-2-4-8-17(15)22(19)21/h14-18,20-21H,1-13H2,(H,24,25). The summed E-state index contributed by atoms with van der Waals surface area (Å²) < 4.78 is 0. The molecule has 0 saturated heterocycles. The maximum atomic E-state index is 12.3. The summed E-state index contributed by atoms with van der Waals surface area (Å²) in [5.74, 6) is 4.00. The predicted molar refractivity (Wildman–Crippen MR) is 99.1 cm³/mol. The lowest BCUT2D eigenvalue weighted by molar-refractivity contribution is -0.142. The third kappa shape index (κ3) is 2.61. The van der Waals surface area contributed by atoms with Crippen molar-refractivity contribution in [3.05, 3.63) is 11.1 Å². The van der Waals surface area contributed by atoms with Crippen LogP contribution in [0.5, 0.6) is 0 Å². The van der Waals surface area contributed by atoms with Gasteiger partial charge in [-0.1, -0.05) is 43.3 Å². The Morgan fingerprint density at radius 3 is 2.36 bits per heavy atom. The largest absolute Gasteiger partial charge is 0.481 e. The highest BCUT2D eigenvalue weighted by Crippen LogP contribution is 2.59. The van der Waals surface area contributed by atoms with Crippen LogP contribution >= 0.6 is 0 Å². The molecule has 138 valence electrons. The van der Waals surface area contributed by atoms with Crippen LogP contribution in [0.4, 0.5) is 0 Å². The fourth-order valence-electron chi connectivity index (χ4n) is 8.04. The van der Waals surface area contributed by atoms with Crippen LogP contribution in [0, 0.1) is 41.4 Å². The predicted octanol–water partition coefficient (Wildman–Crippen LogP) is 5.82. The molecule has 0 aliphatic heterocycles. The van der Waals surface area contributed by atoms with Gasteiger partial charge in [0.25, 0.3) is 0 Å². The molecule has 3 fully saturated rings. The number of carboxylic acids is 1. The average Bonchev–Trinajstić information content (AvgIpc) is 2.66. The first kappa shape index (κ1) is 16.4. The fraction of sp³-hybridized carbons (Fsp3) is 0.870. The van der Waals surface area contributed by atoms with Crippen molar-refractivity contribution in [1.29, 1.82) is 0 Å². The molecule has 2 heteroatoms. The minimum absolute atomic E-state index is 0.136. The second kappa shape index (κ2) is 6.43. The molecular weight excluding hydrogens is 308 g/mol. The number of rotatable bonds is 1. The van der Waals surface area contributed by atoms with E-state index in [1.807, 2.05) is 0 Å². The summed E-state index contributed by atoms with van der Waals surface area (Å²) in [6, 6.07) is 0. The highest BCUT2D eigenvalue weighted by molar-refractivity contribution is 5.75. The van der Waals surface area contributed by atoms with Crippen LogP contribution in [0.3, 0.4) is 0 Å². The molecule has 7 atom stereocenters. The van der Waals surface area contributed by atoms with E-state index in [1.54, 1.807) is 5.57 Å². The van der Waals surface area contributed by atoms with Crippen LogP contribution in [0.2, 0.25) is 0 Å². The summed E-state index contributed by atoms with van der Waals surface area (Å²) >= 11 is 0. The third-order valence-electron chi connectivity index (χ3n) is 8.98. The zero-order chi connectivity index (χ0) is 17.0. The summed E-state index contributed by atoms with van der Waals surface area (Å²) in [5.41, 5.74) is 3.15. The molecule has 0 aromatic heterocycles. The molecule has 5 rings (SSSR count). The van der Waals surface area contributed by atoms with E-state index in [-0.39, 0.29) is 5.92 Å². The quantitative estimate of drug-likeness (QED) is 0.610. The molecule has 0 bridgehead atoms. The van der Waals surface area contributed by atoms with Crippen LogP contribution in [0.15, 0.2) is 11.1 Å². The van der Waals surface area contributed by atoms with Gasteiger partial charge in [0.1, 0.15) is 0 Å². The second-order valence-corrected chi connectivity index (χ2v) is 9.85. The molecule has 0 aromatic rings. The minimum Gasteiger partial charge on any atom is -0.481 e. The monoisotopic (exact) mass is 342 g/mol. The van der Waals surface area contributed by atoms with Gasteiger partial charge in [0.05, 0.1) is 5.92 Å². The van der Waals surface area contributed by atoms with E-state index in [2.05, 4.69) is 0 Å². The highest BCUT2D eigenvalue weighted by atomic mass is 16.4. The fourth-order valence-corrected chi connectivity index (χ4v) is 8.04. The van der Waals surface area contributed by atoms with Gasteiger partial charge in [0.15, 0.2) is 0 Å². The Bertz CT molecular complexity index is 577. The van der Waals surface area contributed by atoms with Crippen LogP contribution in [-0.2, 0) is 4.79 Å². The van der Waals surface area contributed by atoms with Gasteiger partial charge in [-0.2, -0.15) is 0 Å². The second-order valence-electron chi connectivity index (χ2n) is 9.85. The first-order chi connectivity index (χ1) is 12.2. The summed E-state index contributed by atoms with van der Waals surface area (Å²) in [5, 5.41) is 10.1. The summed E-state index contributed by atoms with van der Waals surface area (Å²) in [7, 11) is 0. The molecule has 0 heterocycles. The van der Waals surface area contributed by atoms with Crippen molar-refractivity contribution in [2.75, 3.05) is 0 Å². The number of carbonyl (C=O) groups is 1. The number of aliphatic carboxylic acids is 1. The SMILES string of the molecule is O=C(O)C1CC2C(CCC3CCCCC32)C2=C1C1CCCCC1CC2. The minimum atomic E-state index is -0.505. The lowest BCUT2D eigenvalue weighted by Gasteiger charge is -2.54. The number of fused-ring (bicyclic) bond motifs is 6. The van der Waals surface area contributed by atoms with Gasteiger partial charge in [-0.3, -0.25) is 4.79 Å². The molecular formula is C23H34O2. The summed E-state index contributed by atoms with van der Waals surface area (Å²) in [4.78, 5) is 12.3. The van der Waals surface area contributed by atoms with Gasteiger partial charge < -0.3 is 5.11 Å². The summed E-state index contributed by atoms with van der Waals surface area (Å²) in [6.07, 6.45) is 17.3. The van der Waals surface area contributed by atoms with Gasteiger partial charge in [-0.05, 0) is 86.9 Å². The van der Waals surface area contributed by atoms with E-state index in [0.29, 0.717) is 11.8 Å². The molecule has 0 spiro atoms. The average molecular weight is 343 g/mol. The Morgan fingerprint density at radius 2 is 1.52 bits per heavy atom. The Morgan fingerprint density at radius 1 is 0.760 bits per heavy atom. The lowest BCUT2D eigenvalue weighted by atomic mass is 9.51. The zero-order valence-corrected chi connectivity index (χ0v) is 15.6. The van der Waals surface area contributed by atoms with Gasteiger partial charge in [0.2, 0.25) is 0 Å². The van der Waals surface area contributed by atoms with Crippen LogP contribution in [0.1, 0.15) is 83.5 Å². The third-order valence-corrected chi connectivity index (χ3v) is 8.98. The van der Waals surface area contributed by atoms with Crippen molar-refractivity contribution in [3.8, 4) is 0 Å². The van der Waals surface area contributed by atoms with Crippen molar-refractivity contribution in [1.82, 2.24) is 0 Å². The Labute approximate surface area is 152 Å². The van der Waals surface area contributed by atoms with Crippen molar-refractivity contribution >= 4 is 5.97 Å². The number of hydrogen-bond acceptors (Lipinski definition) is 1. The smallest absolute Gasteiger partial charge is 0.310 e. The molecule has 0 radical (unpaired) electrons. The molecule has 25 heavy (non-hydrogen) atoms. The van der Waals surface area contributed by atoms with E-state index in [9.17, 15) is 9.90 Å². The summed E-state index contributed by atoms with van der Waals surface area (Å²) in [6.45, 7) is 0. The topological polar surface area (TPSA) is 37.3 Å². The lowest BCUT2D eigenvalue weighted by Crippen LogP contribution is -2.46. The normalized spacial score (nSPS) is 46.5. The molecule has 0 aromatic carbocycles. The first-order valence-electron chi connectivity index (χ1n) is 11.2. The van der Waals surface area contributed by atoms with Crippen LogP contribution < -0.4 is 0 Å². The molecule has 0 amide bonds. The van der Waals surface area contributed by atoms with E-state index in [0.717, 1.165) is 30.1 Å². The Kier molecular flexibility index (Phi) is 4.21. The van der Waals surface area contributed by atoms with Crippen LogP contribution in [0.25, 0.3) is 0 Å². The first-order valence-corrected chi connectivity index (χ1v) is 11.2. The molecule has 3 saturated carbocycles. The van der Waals surface area contributed by atoms with Gasteiger partial charge >= 0.3 is 5.97 Å². The van der Waals surface area contributed by atoms with Crippen molar-refractivity contribution in [2.24, 2.45) is 41.4 Å².